The summed E-state index contributed by atoms with van der Waals surface area (Å²) in [5.74, 6) is 0.772. The normalized spacial score (nSPS) is 15.5. The van der Waals surface area contributed by atoms with Gasteiger partial charge in [-0.15, -0.1) is 11.3 Å². The first-order valence-corrected chi connectivity index (χ1v) is 10.7. The maximum atomic E-state index is 13.4. The maximum absolute atomic E-state index is 13.4. The van der Waals surface area contributed by atoms with Gasteiger partial charge in [0, 0.05) is 22.5 Å². The topological polar surface area (TPSA) is 58.2 Å². The highest BCUT2D eigenvalue weighted by Gasteiger charge is 2.42. The number of ether oxygens (including phenoxy) is 1. The fourth-order valence-electron chi connectivity index (χ4n) is 3.96. The molecule has 3 heterocycles. The van der Waals surface area contributed by atoms with Gasteiger partial charge in [0.25, 0.3) is 5.91 Å². The summed E-state index contributed by atoms with van der Waals surface area (Å²) in [6.45, 7) is 2.61. The molecule has 0 aliphatic carbocycles. The van der Waals surface area contributed by atoms with Crippen LogP contribution in [0.3, 0.4) is 0 Å². The molecule has 1 N–H and O–H groups in total. The molecule has 5 rings (SSSR count). The minimum Gasteiger partial charge on any atom is -0.497 e. The van der Waals surface area contributed by atoms with Gasteiger partial charge in [-0.05, 0) is 48.2 Å². The van der Waals surface area contributed by atoms with E-state index >= 15 is 0 Å². The molecule has 0 spiro atoms. The highest BCUT2D eigenvalue weighted by molar-refractivity contribution is 7.10. The van der Waals surface area contributed by atoms with Crippen LogP contribution in [0.15, 0.2) is 66.0 Å². The first-order valence-electron chi connectivity index (χ1n) is 9.78. The molecule has 0 radical (unpaired) electrons. The van der Waals surface area contributed by atoms with E-state index in [4.69, 9.17) is 4.74 Å². The first-order chi connectivity index (χ1) is 14.7. The van der Waals surface area contributed by atoms with Crippen molar-refractivity contribution in [2.24, 2.45) is 0 Å². The molecule has 2 aromatic carbocycles. The number of aromatic nitrogens is 2. The molecule has 1 aliphatic rings. The van der Waals surface area contributed by atoms with E-state index < -0.39 is 0 Å². The first kappa shape index (κ1) is 18.6. The molecule has 1 atom stereocenters. The number of aromatic amines is 1. The number of aryl methyl sites for hydroxylation is 1. The van der Waals surface area contributed by atoms with Crippen LogP contribution in [0.4, 0.5) is 0 Å². The Bertz CT molecular complexity index is 1180. The van der Waals surface area contributed by atoms with Crippen molar-refractivity contribution in [3.05, 3.63) is 93.3 Å². The van der Waals surface area contributed by atoms with Crippen molar-refractivity contribution in [2.45, 2.75) is 19.5 Å². The van der Waals surface area contributed by atoms with Crippen LogP contribution in [-0.2, 0) is 6.54 Å². The van der Waals surface area contributed by atoms with Crippen LogP contribution < -0.4 is 4.74 Å². The Balaban J connectivity index is 1.59. The van der Waals surface area contributed by atoms with Crippen LogP contribution in [-0.4, -0.2) is 28.1 Å². The number of nitrogens with one attached hydrogen (secondary N) is 1. The van der Waals surface area contributed by atoms with E-state index in [1.165, 1.54) is 5.56 Å². The Kier molecular flexibility index (Phi) is 4.64. The van der Waals surface area contributed by atoms with Crippen LogP contribution in [0.2, 0.25) is 0 Å². The molecule has 0 bridgehead atoms. The van der Waals surface area contributed by atoms with Crippen LogP contribution in [0.5, 0.6) is 5.75 Å². The lowest BCUT2D eigenvalue weighted by Crippen LogP contribution is -2.28. The molecule has 5 nitrogen and oxygen atoms in total. The van der Waals surface area contributed by atoms with E-state index in [1.807, 2.05) is 35.2 Å². The smallest absolute Gasteiger partial charge is 0.273 e. The standard InChI is InChI=1S/C24H21N3O2S/c1-15-5-7-16(8-6-15)14-27-23(19-4-3-13-30-19)20-21(25-26-22(20)24(27)28)17-9-11-18(29-2)12-10-17/h3-13,23H,14H2,1-2H3,(H,25,26). The van der Waals surface area contributed by atoms with Gasteiger partial charge < -0.3 is 9.64 Å². The number of rotatable bonds is 5. The van der Waals surface area contributed by atoms with Gasteiger partial charge in [0.15, 0.2) is 0 Å². The zero-order chi connectivity index (χ0) is 20.7. The second kappa shape index (κ2) is 7.46. The summed E-state index contributed by atoms with van der Waals surface area (Å²) in [6.07, 6.45) is 0. The highest BCUT2D eigenvalue weighted by Crippen LogP contribution is 2.44. The summed E-state index contributed by atoms with van der Waals surface area (Å²) in [6, 6.07) is 20.1. The van der Waals surface area contributed by atoms with Crippen LogP contribution in [0, 0.1) is 6.92 Å². The molecule has 0 saturated carbocycles. The number of methoxy groups -OCH3 is 1. The number of amides is 1. The second-order valence-electron chi connectivity index (χ2n) is 7.43. The van der Waals surface area contributed by atoms with Crippen molar-refractivity contribution in [3.8, 4) is 17.0 Å². The van der Waals surface area contributed by atoms with Crippen LogP contribution in [0.1, 0.15) is 38.1 Å². The summed E-state index contributed by atoms with van der Waals surface area (Å²) < 4.78 is 5.28. The van der Waals surface area contributed by atoms with Crippen molar-refractivity contribution in [1.29, 1.82) is 0 Å². The third-order valence-electron chi connectivity index (χ3n) is 5.51. The Morgan fingerprint density at radius 3 is 2.53 bits per heavy atom. The third-order valence-corrected chi connectivity index (χ3v) is 6.44. The molecule has 2 aromatic heterocycles. The molecule has 1 amide bonds. The fourth-order valence-corrected chi connectivity index (χ4v) is 4.81. The molecular weight excluding hydrogens is 394 g/mol. The fraction of sp³-hybridized carbons (Fsp3) is 0.167. The van der Waals surface area contributed by atoms with Gasteiger partial charge in [0.2, 0.25) is 0 Å². The molecule has 150 valence electrons. The lowest BCUT2D eigenvalue weighted by molar-refractivity contribution is 0.0732. The Hall–Kier alpha value is -3.38. The van der Waals surface area contributed by atoms with Crippen molar-refractivity contribution in [1.82, 2.24) is 15.1 Å². The molecular formula is C24H21N3O2S. The molecule has 1 aliphatic heterocycles. The zero-order valence-corrected chi connectivity index (χ0v) is 17.6. The molecule has 6 heteroatoms. The quantitative estimate of drug-likeness (QED) is 0.487. The number of thiophene rings is 1. The predicted octanol–water partition coefficient (Wildman–Crippen LogP) is 5.20. The summed E-state index contributed by atoms with van der Waals surface area (Å²) >= 11 is 1.66. The SMILES string of the molecule is COc1ccc(-c2n[nH]c3c2C(c2cccs2)N(Cc2ccc(C)cc2)C3=O)cc1. The van der Waals surface area contributed by atoms with Gasteiger partial charge in [-0.3, -0.25) is 9.89 Å². The van der Waals surface area contributed by atoms with Gasteiger partial charge in [0.1, 0.15) is 11.4 Å². The van der Waals surface area contributed by atoms with E-state index in [-0.39, 0.29) is 11.9 Å². The molecule has 4 aromatic rings. The van der Waals surface area contributed by atoms with Crippen molar-refractivity contribution < 1.29 is 9.53 Å². The molecule has 1 unspecified atom stereocenters. The Morgan fingerprint density at radius 1 is 1.10 bits per heavy atom. The monoisotopic (exact) mass is 415 g/mol. The van der Waals surface area contributed by atoms with Gasteiger partial charge in [-0.1, -0.05) is 35.9 Å². The number of benzene rings is 2. The van der Waals surface area contributed by atoms with Crippen molar-refractivity contribution in [2.75, 3.05) is 7.11 Å². The number of carbonyl (C=O) groups is 1. The minimum absolute atomic E-state index is 0.0174. The van der Waals surface area contributed by atoms with Gasteiger partial charge in [-0.25, -0.2) is 0 Å². The third kappa shape index (κ3) is 3.09. The Labute approximate surface area is 178 Å². The van der Waals surface area contributed by atoms with Crippen molar-refractivity contribution >= 4 is 17.2 Å². The highest BCUT2D eigenvalue weighted by atomic mass is 32.1. The van der Waals surface area contributed by atoms with E-state index in [0.29, 0.717) is 12.2 Å². The number of fused-ring (bicyclic) bond motifs is 1. The number of carbonyl (C=O) groups excluding carboxylic acids is 1. The van der Waals surface area contributed by atoms with Gasteiger partial charge >= 0.3 is 0 Å². The number of hydrogen-bond donors (Lipinski definition) is 1. The average molecular weight is 416 g/mol. The van der Waals surface area contributed by atoms with Gasteiger partial charge in [0.05, 0.1) is 18.8 Å². The summed E-state index contributed by atoms with van der Waals surface area (Å²) in [5.41, 5.74) is 5.61. The average Bonchev–Trinajstić information content (AvgIpc) is 3.49. The van der Waals surface area contributed by atoms with Crippen LogP contribution >= 0.6 is 11.3 Å². The molecule has 0 saturated heterocycles. The van der Waals surface area contributed by atoms with Gasteiger partial charge in [-0.2, -0.15) is 5.10 Å². The Morgan fingerprint density at radius 2 is 1.87 bits per heavy atom. The summed E-state index contributed by atoms with van der Waals surface area (Å²) in [4.78, 5) is 16.4. The van der Waals surface area contributed by atoms with Crippen molar-refractivity contribution in [3.63, 3.8) is 0 Å². The second-order valence-corrected chi connectivity index (χ2v) is 8.41. The predicted molar refractivity (Wildman–Crippen MR) is 118 cm³/mol. The van der Waals surface area contributed by atoms with E-state index in [9.17, 15) is 4.79 Å². The zero-order valence-electron chi connectivity index (χ0n) is 16.8. The molecule has 0 fully saturated rings. The number of nitrogens with zero attached hydrogens (tertiary/aromatic N) is 2. The lowest BCUT2D eigenvalue weighted by Gasteiger charge is -2.25. The van der Waals surface area contributed by atoms with E-state index in [1.54, 1.807) is 18.4 Å². The molecule has 30 heavy (non-hydrogen) atoms. The van der Waals surface area contributed by atoms with Crippen LogP contribution in [0.25, 0.3) is 11.3 Å². The largest absolute Gasteiger partial charge is 0.497 e. The lowest BCUT2D eigenvalue weighted by atomic mass is 10.0. The van der Waals surface area contributed by atoms with E-state index in [0.717, 1.165) is 33.0 Å². The summed E-state index contributed by atoms with van der Waals surface area (Å²) in [7, 11) is 1.65. The van der Waals surface area contributed by atoms with E-state index in [2.05, 4.69) is 52.8 Å². The number of hydrogen-bond acceptors (Lipinski definition) is 4. The minimum atomic E-state index is -0.162. The number of H-pyrrole nitrogens is 1. The maximum Gasteiger partial charge on any atom is 0.273 e. The summed E-state index contributed by atoms with van der Waals surface area (Å²) in [5, 5.41) is 9.58.